The highest BCUT2D eigenvalue weighted by Crippen LogP contribution is 2.18. The molecule has 2 rings (SSSR count). The molecule has 6 nitrogen and oxygen atoms in total. The lowest BCUT2D eigenvalue weighted by molar-refractivity contribution is -0.115. The number of nitrogens with one attached hydrogen (secondary N) is 2. The molecule has 0 unspecified atom stereocenters. The number of anilines is 1. The fourth-order valence-corrected chi connectivity index (χ4v) is 1.92. The molecule has 2 aromatic rings. The van der Waals surface area contributed by atoms with Gasteiger partial charge in [0.15, 0.2) is 5.69 Å². The summed E-state index contributed by atoms with van der Waals surface area (Å²) in [6.45, 7) is 5.40. The van der Waals surface area contributed by atoms with Gasteiger partial charge in [0.05, 0.1) is 6.54 Å². The maximum Gasteiger partial charge on any atom is 0.273 e. The van der Waals surface area contributed by atoms with E-state index in [1.165, 1.54) is 6.07 Å². The molecule has 0 bridgehead atoms. The van der Waals surface area contributed by atoms with Crippen molar-refractivity contribution in [3.63, 3.8) is 0 Å². The van der Waals surface area contributed by atoms with Crippen molar-refractivity contribution >= 4 is 17.5 Å². The van der Waals surface area contributed by atoms with Crippen LogP contribution in [0.25, 0.3) is 0 Å². The molecule has 6 heteroatoms. The molecule has 1 aromatic heterocycles. The predicted molar refractivity (Wildman–Crippen MR) is 78.1 cm³/mol. The van der Waals surface area contributed by atoms with E-state index in [1.54, 1.807) is 6.92 Å². The average molecular weight is 287 g/mol. The second-order valence-electron chi connectivity index (χ2n) is 4.82. The minimum Gasteiger partial charge on any atom is -0.361 e. The third kappa shape index (κ3) is 3.68. The number of amides is 2. The van der Waals surface area contributed by atoms with Gasteiger partial charge in [0.2, 0.25) is 5.91 Å². The third-order valence-corrected chi connectivity index (χ3v) is 3.02. The molecule has 1 heterocycles. The minimum absolute atomic E-state index is 0.126. The van der Waals surface area contributed by atoms with Gasteiger partial charge < -0.3 is 15.2 Å². The van der Waals surface area contributed by atoms with Crippen LogP contribution in [0.4, 0.5) is 5.69 Å². The van der Waals surface area contributed by atoms with E-state index < -0.39 is 5.91 Å². The summed E-state index contributed by atoms with van der Waals surface area (Å²) in [5.74, 6) is -0.190. The van der Waals surface area contributed by atoms with Crippen LogP contribution in [0.2, 0.25) is 0 Å². The summed E-state index contributed by atoms with van der Waals surface area (Å²) in [6, 6.07) is 7.27. The summed E-state index contributed by atoms with van der Waals surface area (Å²) in [5, 5.41) is 8.88. The first-order valence-electron chi connectivity index (χ1n) is 6.55. The van der Waals surface area contributed by atoms with Crippen molar-refractivity contribution in [2.45, 2.75) is 20.8 Å². The lowest BCUT2D eigenvalue weighted by atomic mass is 10.1. The summed E-state index contributed by atoms with van der Waals surface area (Å²) in [4.78, 5) is 23.6. The number of benzene rings is 1. The Morgan fingerprint density at radius 1 is 1.19 bits per heavy atom. The van der Waals surface area contributed by atoms with Crippen LogP contribution in [0.1, 0.15) is 27.4 Å². The monoisotopic (exact) mass is 287 g/mol. The molecule has 1 aromatic carbocycles. The van der Waals surface area contributed by atoms with Crippen molar-refractivity contribution in [3.05, 3.63) is 46.8 Å². The Morgan fingerprint density at radius 2 is 1.86 bits per heavy atom. The number of rotatable bonds is 4. The molecule has 2 N–H and O–H groups in total. The van der Waals surface area contributed by atoms with Gasteiger partial charge in [-0.05, 0) is 31.9 Å². The van der Waals surface area contributed by atoms with Gasteiger partial charge >= 0.3 is 0 Å². The average Bonchev–Trinajstić information content (AvgIpc) is 2.87. The number of aryl methyl sites for hydroxylation is 3. The molecule has 0 aliphatic heterocycles. The molecule has 0 saturated heterocycles. The molecule has 21 heavy (non-hydrogen) atoms. The lowest BCUT2D eigenvalue weighted by Gasteiger charge is -2.11. The van der Waals surface area contributed by atoms with E-state index in [0.717, 1.165) is 16.8 Å². The van der Waals surface area contributed by atoms with Crippen LogP contribution in [-0.4, -0.2) is 23.5 Å². The van der Waals surface area contributed by atoms with Gasteiger partial charge in [-0.1, -0.05) is 23.4 Å². The molecule has 0 atom stereocenters. The van der Waals surface area contributed by atoms with Crippen LogP contribution in [0.5, 0.6) is 0 Å². The van der Waals surface area contributed by atoms with Crippen LogP contribution in [0.3, 0.4) is 0 Å². The number of para-hydroxylation sites is 1. The van der Waals surface area contributed by atoms with E-state index in [4.69, 9.17) is 4.52 Å². The normalized spacial score (nSPS) is 10.2. The predicted octanol–water partition coefficient (Wildman–Crippen LogP) is 1.97. The standard InChI is InChI=1S/C15H17N3O3/c1-9-5-4-6-10(2)14(9)17-13(19)8-16-15(20)12-7-11(3)21-18-12/h4-7H,8H2,1-3H3,(H,16,20)(H,17,19). The number of carbonyl (C=O) groups is 2. The zero-order valence-corrected chi connectivity index (χ0v) is 12.2. The maximum atomic E-state index is 11.9. The molecular formula is C15H17N3O3. The van der Waals surface area contributed by atoms with Crippen molar-refractivity contribution in [3.8, 4) is 0 Å². The van der Waals surface area contributed by atoms with E-state index >= 15 is 0 Å². The molecule has 0 saturated carbocycles. The van der Waals surface area contributed by atoms with Crippen LogP contribution in [0.15, 0.2) is 28.8 Å². The van der Waals surface area contributed by atoms with Gasteiger partial charge in [-0.25, -0.2) is 0 Å². The first-order chi connectivity index (χ1) is 9.97. The molecule has 2 amide bonds. The van der Waals surface area contributed by atoms with E-state index in [2.05, 4.69) is 15.8 Å². The Hall–Kier alpha value is -2.63. The Morgan fingerprint density at radius 3 is 2.43 bits per heavy atom. The number of aromatic nitrogens is 1. The van der Waals surface area contributed by atoms with Crippen LogP contribution in [-0.2, 0) is 4.79 Å². The van der Waals surface area contributed by atoms with Gasteiger partial charge in [0.25, 0.3) is 5.91 Å². The molecular weight excluding hydrogens is 270 g/mol. The molecule has 0 spiro atoms. The van der Waals surface area contributed by atoms with E-state index in [1.807, 2.05) is 32.0 Å². The highest BCUT2D eigenvalue weighted by molar-refractivity contribution is 5.98. The van der Waals surface area contributed by atoms with Gasteiger partial charge in [0, 0.05) is 11.8 Å². The number of hydrogen-bond acceptors (Lipinski definition) is 4. The number of nitrogens with zero attached hydrogens (tertiary/aromatic N) is 1. The van der Waals surface area contributed by atoms with Crippen molar-refractivity contribution in [1.29, 1.82) is 0 Å². The van der Waals surface area contributed by atoms with Crippen LogP contribution >= 0.6 is 0 Å². The Kier molecular flexibility index (Phi) is 4.37. The molecule has 0 aliphatic rings. The fraction of sp³-hybridized carbons (Fsp3) is 0.267. The smallest absolute Gasteiger partial charge is 0.273 e. The Bertz CT molecular complexity index is 656. The third-order valence-electron chi connectivity index (χ3n) is 3.02. The van der Waals surface area contributed by atoms with Crippen LogP contribution < -0.4 is 10.6 Å². The summed E-state index contributed by atoms with van der Waals surface area (Å²) >= 11 is 0. The van der Waals surface area contributed by atoms with Gasteiger partial charge in [-0.3, -0.25) is 9.59 Å². The largest absolute Gasteiger partial charge is 0.361 e. The first kappa shape index (κ1) is 14.8. The SMILES string of the molecule is Cc1cc(C(=O)NCC(=O)Nc2c(C)cccc2C)no1. The highest BCUT2D eigenvalue weighted by atomic mass is 16.5. The van der Waals surface area contributed by atoms with Crippen molar-refractivity contribution in [2.75, 3.05) is 11.9 Å². The van der Waals surface area contributed by atoms with E-state index in [9.17, 15) is 9.59 Å². The minimum atomic E-state index is -0.441. The van der Waals surface area contributed by atoms with Crippen molar-refractivity contribution in [1.82, 2.24) is 10.5 Å². The number of hydrogen-bond donors (Lipinski definition) is 2. The first-order valence-corrected chi connectivity index (χ1v) is 6.55. The molecule has 0 fully saturated rings. The summed E-state index contributed by atoms with van der Waals surface area (Å²) in [7, 11) is 0. The van der Waals surface area contributed by atoms with Crippen molar-refractivity contribution < 1.29 is 14.1 Å². The molecule has 0 radical (unpaired) electrons. The molecule has 110 valence electrons. The number of carbonyl (C=O) groups excluding carboxylic acids is 2. The second kappa shape index (κ2) is 6.21. The van der Waals surface area contributed by atoms with Gasteiger partial charge in [-0.2, -0.15) is 0 Å². The van der Waals surface area contributed by atoms with Gasteiger partial charge in [-0.15, -0.1) is 0 Å². The Balaban J connectivity index is 1.92. The van der Waals surface area contributed by atoms with Crippen molar-refractivity contribution in [2.24, 2.45) is 0 Å². The fourth-order valence-electron chi connectivity index (χ4n) is 1.92. The second-order valence-corrected chi connectivity index (χ2v) is 4.82. The summed E-state index contributed by atoms with van der Waals surface area (Å²) < 4.78 is 4.81. The zero-order valence-electron chi connectivity index (χ0n) is 12.2. The maximum absolute atomic E-state index is 11.9. The Labute approximate surface area is 122 Å². The highest BCUT2D eigenvalue weighted by Gasteiger charge is 2.13. The quantitative estimate of drug-likeness (QED) is 0.900. The van der Waals surface area contributed by atoms with E-state index in [-0.39, 0.29) is 18.1 Å². The van der Waals surface area contributed by atoms with E-state index in [0.29, 0.717) is 5.76 Å². The molecule has 0 aliphatic carbocycles. The van der Waals surface area contributed by atoms with Crippen LogP contribution in [0, 0.1) is 20.8 Å². The summed E-state index contributed by atoms with van der Waals surface area (Å²) in [5.41, 5.74) is 2.88. The zero-order chi connectivity index (χ0) is 15.4. The summed E-state index contributed by atoms with van der Waals surface area (Å²) in [6.07, 6.45) is 0. The topological polar surface area (TPSA) is 84.2 Å². The van der Waals surface area contributed by atoms with Gasteiger partial charge in [0.1, 0.15) is 5.76 Å². The lowest BCUT2D eigenvalue weighted by Crippen LogP contribution is -2.33.